The maximum atomic E-state index is 6.04. The van der Waals surface area contributed by atoms with Crippen molar-refractivity contribution in [2.75, 3.05) is 45.9 Å². The molecule has 0 saturated carbocycles. The molecule has 1 fully saturated rings. The Morgan fingerprint density at radius 1 is 1.32 bits per heavy atom. The van der Waals surface area contributed by atoms with Gasteiger partial charge in [-0.15, -0.1) is 24.0 Å². The van der Waals surface area contributed by atoms with E-state index in [-0.39, 0.29) is 24.0 Å². The molecule has 0 aliphatic carbocycles. The van der Waals surface area contributed by atoms with Crippen LogP contribution in [0.1, 0.15) is 12.6 Å². The van der Waals surface area contributed by atoms with Crippen molar-refractivity contribution in [3.63, 3.8) is 0 Å². The summed E-state index contributed by atoms with van der Waals surface area (Å²) >= 11 is 6.04. The number of rotatable bonds is 7. The molecule has 0 spiro atoms. The molecule has 1 aliphatic rings. The molecule has 3 heterocycles. The Hall–Kier alpha value is -1.59. The van der Waals surface area contributed by atoms with Crippen LogP contribution in [0.4, 0.5) is 0 Å². The van der Waals surface area contributed by atoms with Crippen molar-refractivity contribution in [2.45, 2.75) is 13.5 Å². The lowest BCUT2D eigenvalue weighted by atomic mass is 10.3. The molecule has 0 radical (unpaired) electrons. The van der Waals surface area contributed by atoms with Crippen LogP contribution in [0.2, 0.25) is 5.02 Å². The SMILES string of the molecule is CCNC(=NCCOc1ncccc1Cl)N1CCN(Cc2ccon2)CC1.I. The molecule has 2 aromatic rings. The topological polar surface area (TPSA) is 79.0 Å². The van der Waals surface area contributed by atoms with Crippen LogP contribution in [0.15, 0.2) is 40.2 Å². The van der Waals surface area contributed by atoms with Crippen molar-refractivity contribution in [1.29, 1.82) is 0 Å². The summed E-state index contributed by atoms with van der Waals surface area (Å²) in [7, 11) is 0. The summed E-state index contributed by atoms with van der Waals surface area (Å²) in [5.41, 5.74) is 0.967. The Labute approximate surface area is 187 Å². The van der Waals surface area contributed by atoms with Crippen molar-refractivity contribution >= 4 is 41.5 Å². The molecule has 1 saturated heterocycles. The van der Waals surface area contributed by atoms with Gasteiger partial charge in [0.1, 0.15) is 17.9 Å². The van der Waals surface area contributed by atoms with Gasteiger partial charge in [-0.2, -0.15) is 0 Å². The third-order valence-corrected chi connectivity index (χ3v) is 4.49. The first-order valence-corrected chi connectivity index (χ1v) is 9.52. The Morgan fingerprint density at radius 2 is 2.14 bits per heavy atom. The fraction of sp³-hybridized carbons (Fsp3) is 0.500. The minimum absolute atomic E-state index is 0. The van der Waals surface area contributed by atoms with Crippen LogP contribution < -0.4 is 10.1 Å². The molecular formula is C18H26ClIN6O2. The average molecular weight is 521 g/mol. The quantitative estimate of drug-likeness (QED) is 0.260. The molecule has 0 amide bonds. The smallest absolute Gasteiger partial charge is 0.232 e. The van der Waals surface area contributed by atoms with Crippen LogP contribution in [0, 0.1) is 0 Å². The number of halogens is 2. The van der Waals surface area contributed by atoms with Crippen molar-refractivity contribution < 1.29 is 9.26 Å². The highest BCUT2D eigenvalue weighted by atomic mass is 127. The number of piperazine rings is 1. The third kappa shape index (κ3) is 6.78. The van der Waals surface area contributed by atoms with Gasteiger partial charge in [-0.25, -0.2) is 9.98 Å². The van der Waals surface area contributed by atoms with Gasteiger partial charge in [-0.1, -0.05) is 16.8 Å². The van der Waals surface area contributed by atoms with Gasteiger partial charge in [0, 0.05) is 51.5 Å². The van der Waals surface area contributed by atoms with Crippen LogP contribution in [-0.4, -0.2) is 71.8 Å². The second-order valence-corrected chi connectivity index (χ2v) is 6.54. The number of pyridine rings is 1. The van der Waals surface area contributed by atoms with E-state index in [1.807, 2.05) is 6.07 Å². The van der Waals surface area contributed by atoms with Crippen molar-refractivity contribution in [1.82, 2.24) is 25.3 Å². The number of nitrogens with one attached hydrogen (secondary N) is 1. The van der Waals surface area contributed by atoms with E-state index < -0.39 is 0 Å². The maximum absolute atomic E-state index is 6.04. The summed E-state index contributed by atoms with van der Waals surface area (Å²) in [4.78, 5) is 13.4. The van der Waals surface area contributed by atoms with Crippen LogP contribution in [0.25, 0.3) is 0 Å². The van der Waals surface area contributed by atoms with Crippen molar-refractivity contribution in [3.8, 4) is 5.88 Å². The lowest BCUT2D eigenvalue weighted by Gasteiger charge is -2.36. The highest BCUT2D eigenvalue weighted by Crippen LogP contribution is 2.19. The van der Waals surface area contributed by atoms with Gasteiger partial charge in [0.15, 0.2) is 5.96 Å². The molecule has 10 heteroatoms. The largest absolute Gasteiger partial charge is 0.475 e. The first-order valence-electron chi connectivity index (χ1n) is 9.14. The monoisotopic (exact) mass is 520 g/mol. The first-order chi connectivity index (χ1) is 13.3. The first kappa shape index (κ1) is 22.7. The molecule has 1 aliphatic heterocycles. The minimum atomic E-state index is 0. The van der Waals surface area contributed by atoms with E-state index in [4.69, 9.17) is 20.9 Å². The zero-order chi connectivity index (χ0) is 18.9. The molecule has 3 rings (SSSR count). The predicted octanol–water partition coefficient (Wildman–Crippen LogP) is 2.50. The second kappa shape index (κ2) is 12.1. The summed E-state index contributed by atoms with van der Waals surface area (Å²) < 4.78 is 10.5. The van der Waals surface area contributed by atoms with Crippen molar-refractivity contribution in [3.05, 3.63) is 41.4 Å². The third-order valence-electron chi connectivity index (χ3n) is 4.20. The normalized spacial score (nSPS) is 15.2. The van der Waals surface area contributed by atoms with Crippen LogP contribution in [0.3, 0.4) is 0 Å². The van der Waals surface area contributed by atoms with E-state index in [1.165, 1.54) is 0 Å². The molecule has 1 N–H and O–H groups in total. The molecule has 0 atom stereocenters. The molecule has 28 heavy (non-hydrogen) atoms. The van der Waals surface area contributed by atoms with Gasteiger partial charge in [0.25, 0.3) is 0 Å². The lowest BCUT2D eigenvalue weighted by Crippen LogP contribution is -2.52. The second-order valence-electron chi connectivity index (χ2n) is 6.13. The van der Waals surface area contributed by atoms with Crippen LogP contribution in [-0.2, 0) is 6.54 Å². The zero-order valence-electron chi connectivity index (χ0n) is 15.9. The number of aliphatic imine (C=N–C) groups is 1. The Bertz CT molecular complexity index is 723. The summed E-state index contributed by atoms with van der Waals surface area (Å²) in [6.07, 6.45) is 3.27. The summed E-state index contributed by atoms with van der Waals surface area (Å²) in [6, 6.07) is 5.44. The van der Waals surface area contributed by atoms with E-state index in [2.05, 4.69) is 37.2 Å². The molecule has 154 valence electrons. The molecule has 8 nitrogen and oxygen atoms in total. The number of nitrogens with zero attached hydrogens (tertiary/aromatic N) is 5. The van der Waals surface area contributed by atoms with E-state index >= 15 is 0 Å². The highest BCUT2D eigenvalue weighted by molar-refractivity contribution is 14.0. The van der Waals surface area contributed by atoms with Crippen molar-refractivity contribution in [2.24, 2.45) is 4.99 Å². The average Bonchev–Trinajstić information content (AvgIpc) is 3.19. The van der Waals surface area contributed by atoms with Gasteiger partial charge in [0.05, 0.1) is 12.2 Å². The highest BCUT2D eigenvalue weighted by Gasteiger charge is 2.20. The molecule has 0 aromatic carbocycles. The fourth-order valence-corrected chi connectivity index (χ4v) is 3.04. The minimum Gasteiger partial charge on any atom is -0.475 e. The Balaban J connectivity index is 0.00000280. The summed E-state index contributed by atoms with van der Waals surface area (Å²) in [6.45, 7) is 8.41. The summed E-state index contributed by atoms with van der Waals surface area (Å²) in [5.74, 6) is 1.36. The van der Waals surface area contributed by atoms with E-state index in [0.29, 0.717) is 24.1 Å². The zero-order valence-corrected chi connectivity index (χ0v) is 19.0. The predicted molar refractivity (Wildman–Crippen MR) is 119 cm³/mol. The molecule has 0 unspecified atom stereocenters. The maximum Gasteiger partial charge on any atom is 0.232 e. The van der Waals surface area contributed by atoms with E-state index in [1.54, 1.807) is 24.6 Å². The Kier molecular flexibility index (Phi) is 9.79. The van der Waals surface area contributed by atoms with Gasteiger partial charge in [-0.3, -0.25) is 4.90 Å². The summed E-state index contributed by atoms with van der Waals surface area (Å²) in [5, 5.41) is 7.85. The van der Waals surface area contributed by atoms with Crippen LogP contribution in [0.5, 0.6) is 5.88 Å². The number of guanidine groups is 1. The number of aromatic nitrogens is 2. The van der Waals surface area contributed by atoms with E-state index in [9.17, 15) is 0 Å². The van der Waals surface area contributed by atoms with Gasteiger partial charge in [-0.05, 0) is 19.1 Å². The number of hydrogen-bond donors (Lipinski definition) is 1. The van der Waals surface area contributed by atoms with Gasteiger partial charge >= 0.3 is 0 Å². The molecule has 0 bridgehead atoms. The Morgan fingerprint density at radius 3 is 2.82 bits per heavy atom. The fourth-order valence-electron chi connectivity index (χ4n) is 2.86. The van der Waals surface area contributed by atoms with Crippen LogP contribution >= 0.6 is 35.6 Å². The van der Waals surface area contributed by atoms with Gasteiger partial charge in [0.2, 0.25) is 5.88 Å². The molecular weight excluding hydrogens is 495 g/mol. The lowest BCUT2D eigenvalue weighted by molar-refractivity contribution is 0.169. The standard InChI is InChI=1S/C18H25ClN6O2.HI/c1-2-20-18(22-7-13-26-17-16(19)4-3-6-21-17)25-10-8-24(9-11-25)14-15-5-12-27-23-15;/h3-6,12H,2,7-11,13-14H2,1H3,(H,20,22);1H. The number of ether oxygens (including phenoxy) is 1. The van der Waals surface area contributed by atoms with E-state index in [0.717, 1.165) is 50.9 Å². The molecule has 2 aromatic heterocycles. The number of hydrogen-bond acceptors (Lipinski definition) is 6. The van der Waals surface area contributed by atoms with Gasteiger partial charge < -0.3 is 19.5 Å².